The molecule has 1 heterocycles. The average Bonchev–Trinajstić information content (AvgIpc) is 2.69. The van der Waals surface area contributed by atoms with Gasteiger partial charge in [-0.15, -0.1) is 11.3 Å². The molecule has 0 aliphatic heterocycles. The van der Waals surface area contributed by atoms with Crippen LogP contribution in [0.25, 0.3) is 0 Å². The van der Waals surface area contributed by atoms with Gasteiger partial charge in [0.15, 0.2) is 0 Å². The molecular weight excluding hydrogens is 252 g/mol. The van der Waals surface area contributed by atoms with Crippen LogP contribution in [0.4, 0.5) is 0 Å². The van der Waals surface area contributed by atoms with E-state index < -0.39 is 0 Å². The summed E-state index contributed by atoms with van der Waals surface area (Å²) >= 11 is 7.54. The molecule has 0 radical (unpaired) electrons. The second-order valence-electron chi connectivity index (χ2n) is 5.00. The van der Waals surface area contributed by atoms with Gasteiger partial charge in [0, 0.05) is 17.2 Å². The maximum atomic E-state index is 11.9. The van der Waals surface area contributed by atoms with Crippen molar-refractivity contribution in [3.8, 4) is 0 Å². The highest BCUT2D eigenvalue weighted by atomic mass is 35.5. The SMILES string of the molecule is CCCC1CCC(=O)C(Cc2ccc(Cl)s2)C1. The second-order valence-corrected chi connectivity index (χ2v) is 6.80. The third-order valence-electron chi connectivity index (χ3n) is 3.65. The molecule has 0 N–H and O–H groups in total. The van der Waals surface area contributed by atoms with Crippen molar-refractivity contribution >= 4 is 28.7 Å². The third kappa shape index (κ3) is 3.56. The lowest BCUT2D eigenvalue weighted by atomic mass is 9.77. The Bertz CT molecular complexity index is 385. The van der Waals surface area contributed by atoms with Gasteiger partial charge in [-0.2, -0.15) is 0 Å². The first kappa shape index (κ1) is 13.1. The van der Waals surface area contributed by atoms with E-state index in [4.69, 9.17) is 11.6 Å². The molecule has 3 heteroatoms. The van der Waals surface area contributed by atoms with Gasteiger partial charge in [0.05, 0.1) is 4.34 Å². The van der Waals surface area contributed by atoms with E-state index in [1.54, 1.807) is 11.3 Å². The first-order valence-corrected chi connectivity index (χ1v) is 7.65. The van der Waals surface area contributed by atoms with E-state index in [9.17, 15) is 4.79 Å². The zero-order valence-electron chi connectivity index (χ0n) is 10.2. The van der Waals surface area contributed by atoms with Crippen molar-refractivity contribution in [2.75, 3.05) is 0 Å². The number of halogens is 1. The van der Waals surface area contributed by atoms with Crippen LogP contribution < -0.4 is 0 Å². The molecule has 1 saturated carbocycles. The molecular formula is C14H19ClOS. The lowest BCUT2D eigenvalue weighted by molar-refractivity contribution is -0.125. The maximum Gasteiger partial charge on any atom is 0.136 e. The normalized spacial score (nSPS) is 25.2. The summed E-state index contributed by atoms with van der Waals surface area (Å²) in [5.41, 5.74) is 0. The molecule has 0 spiro atoms. The van der Waals surface area contributed by atoms with Crippen molar-refractivity contribution in [1.29, 1.82) is 0 Å². The Balaban J connectivity index is 1.96. The van der Waals surface area contributed by atoms with Crippen molar-refractivity contribution in [2.45, 2.75) is 45.4 Å². The highest BCUT2D eigenvalue weighted by molar-refractivity contribution is 7.16. The summed E-state index contributed by atoms with van der Waals surface area (Å²) in [6.45, 7) is 2.23. The quantitative estimate of drug-likeness (QED) is 0.773. The van der Waals surface area contributed by atoms with Crippen molar-refractivity contribution in [1.82, 2.24) is 0 Å². The zero-order valence-corrected chi connectivity index (χ0v) is 11.8. The Labute approximate surface area is 112 Å². The van der Waals surface area contributed by atoms with Gasteiger partial charge in [-0.3, -0.25) is 4.79 Å². The molecule has 17 heavy (non-hydrogen) atoms. The zero-order chi connectivity index (χ0) is 12.3. The molecule has 94 valence electrons. The van der Waals surface area contributed by atoms with E-state index in [-0.39, 0.29) is 5.92 Å². The summed E-state index contributed by atoms with van der Waals surface area (Å²) in [6, 6.07) is 3.99. The highest BCUT2D eigenvalue weighted by Gasteiger charge is 2.28. The highest BCUT2D eigenvalue weighted by Crippen LogP contribution is 2.33. The first-order chi connectivity index (χ1) is 8.19. The Morgan fingerprint density at radius 2 is 2.29 bits per heavy atom. The summed E-state index contributed by atoms with van der Waals surface area (Å²) in [4.78, 5) is 13.2. The van der Waals surface area contributed by atoms with E-state index in [2.05, 4.69) is 13.0 Å². The van der Waals surface area contributed by atoms with Crippen molar-refractivity contribution in [2.24, 2.45) is 11.8 Å². The fourth-order valence-electron chi connectivity index (χ4n) is 2.77. The lowest BCUT2D eigenvalue weighted by Gasteiger charge is -2.27. The molecule has 0 bridgehead atoms. The number of hydrogen-bond donors (Lipinski definition) is 0. The molecule has 0 aromatic carbocycles. The van der Waals surface area contributed by atoms with Crippen LogP contribution in [0, 0.1) is 11.8 Å². The molecule has 1 aliphatic rings. The van der Waals surface area contributed by atoms with E-state index in [1.807, 2.05) is 6.07 Å². The molecule has 1 aromatic rings. The molecule has 2 unspecified atom stereocenters. The monoisotopic (exact) mass is 270 g/mol. The van der Waals surface area contributed by atoms with Crippen LogP contribution in [0.3, 0.4) is 0 Å². The van der Waals surface area contributed by atoms with Gasteiger partial charge in [-0.05, 0) is 37.3 Å². The predicted molar refractivity (Wildman–Crippen MR) is 73.8 cm³/mol. The number of rotatable bonds is 4. The maximum absolute atomic E-state index is 11.9. The predicted octanol–water partition coefficient (Wildman–Crippen LogP) is 4.73. The second kappa shape index (κ2) is 6.01. The molecule has 0 amide bonds. The van der Waals surface area contributed by atoms with Crippen molar-refractivity contribution in [3.63, 3.8) is 0 Å². The van der Waals surface area contributed by atoms with Gasteiger partial charge in [0.25, 0.3) is 0 Å². The molecule has 1 aromatic heterocycles. The van der Waals surface area contributed by atoms with Crippen LogP contribution in [-0.4, -0.2) is 5.78 Å². The molecule has 0 saturated heterocycles. The van der Waals surface area contributed by atoms with Crippen LogP contribution in [0.5, 0.6) is 0 Å². The van der Waals surface area contributed by atoms with Gasteiger partial charge in [0.2, 0.25) is 0 Å². The summed E-state index contributed by atoms with van der Waals surface area (Å²) in [5.74, 6) is 1.47. The summed E-state index contributed by atoms with van der Waals surface area (Å²) < 4.78 is 0.827. The first-order valence-electron chi connectivity index (χ1n) is 6.46. The number of carbonyl (C=O) groups is 1. The van der Waals surface area contributed by atoms with Crippen LogP contribution in [-0.2, 0) is 11.2 Å². The fourth-order valence-corrected chi connectivity index (χ4v) is 3.94. The number of Topliss-reactive ketones (excluding diaryl/α,β-unsaturated/α-hetero) is 1. The van der Waals surface area contributed by atoms with Crippen LogP contribution in [0.2, 0.25) is 4.34 Å². The van der Waals surface area contributed by atoms with Crippen LogP contribution in [0.15, 0.2) is 12.1 Å². The fraction of sp³-hybridized carbons (Fsp3) is 0.643. The molecule has 1 nitrogen and oxygen atoms in total. The lowest BCUT2D eigenvalue weighted by Crippen LogP contribution is -2.26. The number of thiophene rings is 1. The van der Waals surface area contributed by atoms with Crippen LogP contribution in [0.1, 0.15) is 43.9 Å². The van der Waals surface area contributed by atoms with Gasteiger partial charge in [-0.1, -0.05) is 31.4 Å². The standard InChI is InChI=1S/C14H19ClOS/c1-2-3-10-4-6-13(16)11(8-10)9-12-5-7-14(15)17-12/h5,7,10-11H,2-4,6,8-9H2,1H3. The molecule has 2 rings (SSSR count). The number of carbonyl (C=O) groups excluding carboxylic acids is 1. The number of ketones is 1. The van der Waals surface area contributed by atoms with E-state index in [1.165, 1.54) is 17.7 Å². The van der Waals surface area contributed by atoms with Crippen LogP contribution >= 0.6 is 22.9 Å². The summed E-state index contributed by atoms with van der Waals surface area (Å²) in [6.07, 6.45) is 6.38. The van der Waals surface area contributed by atoms with E-state index >= 15 is 0 Å². The minimum atomic E-state index is 0.245. The Kier molecular flexibility index (Phi) is 4.63. The van der Waals surface area contributed by atoms with Crippen molar-refractivity contribution in [3.05, 3.63) is 21.3 Å². The third-order valence-corrected chi connectivity index (χ3v) is 4.90. The van der Waals surface area contributed by atoms with Gasteiger partial charge in [-0.25, -0.2) is 0 Å². The summed E-state index contributed by atoms with van der Waals surface area (Å²) in [7, 11) is 0. The Morgan fingerprint density at radius 1 is 1.47 bits per heavy atom. The average molecular weight is 271 g/mol. The van der Waals surface area contributed by atoms with Gasteiger partial charge < -0.3 is 0 Å². The van der Waals surface area contributed by atoms with Crippen molar-refractivity contribution < 1.29 is 4.79 Å². The largest absolute Gasteiger partial charge is 0.299 e. The number of hydrogen-bond acceptors (Lipinski definition) is 2. The topological polar surface area (TPSA) is 17.1 Å². The minimum Gasteiger partial charge on any atom is -0.299 e. The molecule has 1 aliphatic carbocycles. The van der Waals surface area contributed by atoms with Gasteiger partial charge in [0.1, 0.15) is 5.78 Å². The Morgan fingerprint density at radius 3 is 2.94 bits per heavy atom. The smallest absolute Gasteiger partial charge is 0.136 e. The minimum absolute atomic E-state index is 0.245. The Hall–Kier alpha value is -0.340. The molecule has 2 atom stereocenters. The molecule has 1 fully saturated rings. The summed E-state index contributed by atoms with van der Waals surface area (Å²) in [5, 5.41) is 0. The van der Waals surface area contributed by atoms with E-state index in [0.29, 0.717) is 5.78 Å². The van der Waals surface area contributed by atoms with E-state index in [0.717, 1.165) is 35.9 Å². The van der Waals surface area contributed by atoms with Gasteiger partial charge >= 0.3 is 0 Å².